The molecule has 9 aromatic rings. The van der Waals surface area contributed by atoms with Crippen LogP contribution in [0.25, 0.3) is 95.0 Å². The molecule has 0 amide bonds. The summed E-state index contributed by atoms with van der Waals surface area (Å²) < 4.78 is 0. The Balaban J connectivity index is 1.25. The summed E-state index contributed by atoms with van der Waals surface area (Å²) in [7, 11) is 0. The predicted molar refractivity (Wildman–Crippen MR) is 245 cm³/mol. The molecule has 0 aliphatic heterocycles. The molecule has 11 rings (SSSR count). The molecule has 0 N–H and O–H groups in total. The Kier molecular flexibility index (Phi) is 7.89. The van der Waals surface area contributed by atoms with Gasteiger partial charge < -0.3 is 0 Å². The van der Waals surface area contributed by atoms with E-state index in [-0.39, 0.29) is 5.92 Å². The first-order chi connectivity index (χ1) is 28.2. The summed E-state index contributed by atoms with van der Waals surface area (Å²) in [6.45, 7) is 6.45. The highest BCUT2D eigenvalue weighted by Crippen LogP contribution is 2.50. The summed E-state index contributed by atoms with van der Waals surface area (Å²) in [5.74, 6) is 0.111. The Labute approximate surface area is 334 Å². The van der Waals surface area contributed by atoms with Crippen molar-refractivity contribution in [2.24, 2.45) is 0 Å². The van der Waals surface area contributed by atoms with Gasteiger partial charge in [0.15, 0.2) is 0 Å². The molecule has 8 aromatic carbocycles. The highest BCUT2D eigenvalue weighted by Gasteiger charge is 2.32. The number of fused-ring (bicyclic) bond motifs is 10. The second kappa shape index (κ2) is 13.4. The van der Waals surface area contributed by atoms with Gasteiger partial charge >= 0.3 is 0 Å². The van der Waals surface area contributed by atoms with Gasteiger partial charge in [-0.05, 0) is 144 Å². The number of aromatic nitrogens is 1. The molecule has 1 nitrogen and oxygen atoms in total. The maximum absolute atomic E-state index is 5.78. The maximum Gasteiger partial charge on any atom is 0.0751 e. The number of hydrogen-bond donors (Lipinski definition) is 0. The van der Waals surface area contributed by atoms with Gasteiger partial charge in [0, 0.05) is 17.0 Å². The number of pyridine rings is 1. The molecule has 0 saturated carbocycles. The molecule has 0 spiro atoms. The van der Waals surface area contributed by atoms with Crippen LogP contribution in [-0.4, -0.2) is 4.98 Å². The van der Waals surface area contributed by atoms with Crippen LogP contribution in [0.4, 0.5) is 0 Å². The van der Waals surface area contributed by atoms with Crippen LogP contribution >= 0.6 is 0 Å². The van der Waals surface area contributed by atoms with E-state index in [0.29, 0.717) is 0 Å². The van der Waals surface area contributed by atoms with Gasteiger partial charge in [0.2, 0.25) is 0 Å². The third kappa shape index (κ3) is 5.26. The molecule has 57 heavy (non-hydrogen) atoms. The summed E-state index contributed by atoms with van der Waals surface area (Å²) in [6.07, 6.45) is 14.0. The van der Waals surface area contributed by atoms with Crippen LogP contribution in [0.5, 0.6) is 0 Å². The zero-order chi connectivity index (χ0) is 38.0. The number of benzene rings is 8. The lowest BCUT2D eigenvalue weighted by atomic mass is 9.73. The van der Waals surface area contributed by atoms with Crippen LogP contribution in [0.15, 0.2) is 164 Å². The van der Waals surface area contributed by atoms with E-state index in [1.54, 1.807) is 0 Å². The van der Waals surface area contributed by atoms with Gasteiger partial charge in [-0.15, -0.1) is 0 Å². The molecule has 2 aliphatic carbocycles. The Bertz CT molecular complexity index is 3190. The van der Waals surface area contributed by atoms with E-state index in [1.165, 1.54) is 104 Å². The van der Waals surface area contributed by atoms with E-state index in [9.17, 15) is 0 Å². The molecule has 0 radical (unpaired) electrons. The van der Waals surface area contributed by atoms with Crippen molar-refractivity contribution >= 4 is 61.3 Å². The molecule has 1 aromatic heterocycles. The van der Waals surface area contributed by atoms with E-state index >= 15 is 0 Å². The third-order valence-corrected chi connectivity index (χ3v) is 12.6. The van der Waals surface area contributed by atoms with E-state index < -0.39 is 0 Å². The van der Waals surface area contributed by atoms with Gasteiger partial charge in [-0.25, -0.2) is 4.98 Å². The van der Waals surface area contributed by atoms with Gasteiger partial charge in [-0.2, -0.15) is 0 Å². The molecule has 2 aliphatic rings. The van der Waals surface area contributed by atoms with Crippen LogP contribution in [0.1, 0.15) is 58.2 Å². The topological polar surface area (TPSA) is 12.9 Å². The number of rotatable bonds is 5. The van der Waals surface area contributed by atoms with Gasteiger partial charge in [0.05, 0.1) is 11.4 Å². The Morgan fingerprint density at radius 1 is 0.561 bits per heavy atom. The van der Waals surface area contributed by atoms with Crippen LogP contribution < -0.4 is 0 Å². The first-order valence-corrected chi connectivity index (χ1v) is 20.3. The first kappa shape index (κ1) is 33.5. The monoisotopic (exact) mass is 727 g/mol. The van der Waals surface area contributed by atoms with Gasteiger partial charge in [-0.3, -0.25) is 0 Å². The number of nitrogens with zero attached hydrogens (tertiary/aromatic N) is 1. The smallest absolute Gasteiger partial charge is 0.0751 e. The van der Waals surface area contributed by atoms with Crippen LogP contribution in [0.2, 0.25) is 0 Å². The van der Waals surface area contributed by atoms with E-state index in [0.717, 1.165) is 30.7 Å². The summed E-state index contributed by atoms with van der Waals surface area (Å²) in [5, 5.41) is 10.1. The average molecular weight is 728 g/mol. The quantitative estimate of drug-likeness (QED) is 0.161. The van der Waals surface area contributed by atoms with Crippen LogP contribution in [-0.2, 0) is 12.8 Å². The largest absolute Gasteiger partial charge is 0.247 e. The van der Waals surface area contributed by atoms with Crippen LogP contribution in [0, 0.1) is 0 Å². The maximum atomic E-state index is 5.78. The van der Waals surface area contributed by atoms with Gasteiger partial charge in [0.25, 0.3) is 0 Å². The molecule has 270 valence electrons. The molecule has 0 bridgehead atoms. The minimum Gasteiger partial charge on any atom is -0.247 e. The molecular weight excluding hydrogens is 687 g/mol. The van der Waals surface area contributed by atoms with Gasteiger partial charge in [-0.1, -0.05) is 158 Å². The number of allylic oxidation sites excluding steroid dienone is 2. The van der Waals surface area contributed by atoms with Crippen molar-refractivity contribution in [3.63, 3.8) is 0 Å². The molecule has 1 heterocycles. The van der Waals surface area contributed by atoms with E-state index in [4.69, 9.17) is 4.98 Å². The molecular formula is C56H41N. The van der Waals surface area contributed by atoms with Crippen LogP contribution in [0.3, 0.4) is 0 Å². The normalized spacial score (nSPS) is 14.6. The highest BCUT2D eigenvalue weighted by atomic mass is 14.7. The lowest BCUT2D eigenvalue weighted by molar-refractivity contribution is 0.789. The molecule has 1 heteroatoms. The minimum absolute atomic E-state index is 0.111. The van der Waals surface area contributed by atoms with Crippen molar-refractivity contribution in [2.45, 2.75) is 32.1 Å². The predicted octanol–water partition coefficient (Wildman–Crippen LogP) is 15.0. The first-order valence-electron chi connectivity index (χ1n) is 20.3. The standard InChI is InChI=1S/C56H41N/c1-3-17-42-38(4-2)39-21-8-5-18-35(39)30-49(42)51-33-54-52(50-31-36-19-6-9-22-40(36)43-24-11-13-26-45(43)50)34-55(57-56(54)48-29-16-15-28-47(48)51)53-32-37-20-7-10-23-41(37)44-25-12-14-27-46(44)53/h3-13,15-26,28-32,34,51H,2,14,27,33H2,1H3/b17-3-. The zero-order valence-electron chi connectivity index (χ0n) is 32.1. The molecule has 0 saturated heterocycles. The summed E-state index contributed by atoms with van der Waals surface area (Å²) in [4.78, 5) is 5.78. The lowest BCUT2D eigenvalue weighted by Crippen LogP contribution is -2.17. The summed E-state index contributed by atoms with van der Waals surface area (Å²) in [6, 6.07) is 54.1. The third-order valence-electron chi connectivity index (χ3n) is 12.6. The molecule has 0 fully saturated rings. The average Bonchev–Trinajstić information content (AvgIpc) is 3.27. The van der Waals surface area contributed by atoms with Crippen molar-refractivity contribution in [1.82, 2.24) is 4.98 Å². The number of hydrogen-bond acceptors (Lipinski definition) is 1. The van der Waals surface area contributed by atoms with Crippen molar-refractivity contribution in [3.8, 4) is 33.6 Å². The fourth-order valence-corrected chi connectivity index (χ4v) is 10.1. The van der Waals surface area contributed by atoms with E-state index in [2.05, 4.69) is 183 Å². The van der Waals surface area contributed by atoms with Crippen molar-refractivity contribution < 1.29 is 0 Å². The van der Waals surface area contributed by atoms with Gasteiger partial charge in [0.1, 0.15) is 0 Å². The fraction of sp³-hybridized carbons (Fsp3) is 0.0893. The summed E-state index contributed by atoms with van der Waals surface area (Å²) >= 11 is 0. The van der Waals surface area contributed by atoms with E-state index in [1.807, 2.05) is 6.08 Å². The zero-order valence-corrected chi connectivity index (χ0v) is 32.1. The van der Waals surface area contributed by atoms with Crippen molar-refractivity contribution in [2.75, 3.05) is 0 Å². The second-order valence-corrected chi connectivity index (χ2v) is 15.6. The second-order valence-electron chi connectivity index (χ2n) is 15.6. The Morgan fingerprint density at radius 3 is 2.00 bits per heavy atom. The molecule has 1 unspecified atom stereocenters. The fourth-order valence-electron chi connectivity index (χ4n) is 10.1. The minimum atomic E-state index is 0.111. The Hall–Kier alpha value is -6.83. The molecule has 1 atom stereocenters. The lowest BCUT2D eigenvalue weighted by Gasteiger charge is -2.32. The summed E-state index contributed by atoms with van der Waals surface area (Å²) in [5.41, 5.74) is 16.2. The van der Waals surface area contributed by atoms with Crippen molar-refractivity contribution in [1.29, 1.82) is 0 Å². The SMILES string of the molecule is C=Cc1c(/C=C\C)c(C2Cc3c(-c4cc5ccccc5c5ccccc45)cc(-c4cc5ccccc5c5c4CCC=C5)nc3-c3ccccc32)cc2ccccc12. The van der Waals surface area contributed by atoms with Crippen molar-refractivity contribution in [3.05, 3.63) is 203 Å². The Morgan fingerprint density at radius 2 is 1.21 bits per heavy atom. The highest BCUT2D eigenvalue weighted by molar-refractivity contribution is 6.14.